The van der Waals surface area contributed by atoms with E-state index in [0.29, 0.717) is 11.3 Å². The minimum Gasteiger partial charge on any atom is -0.488 e. The van der Waals surface area contributed by atoms with Crippen molar-refractivity contribution in [2.45, 2.75) is 75.7 Å². The first kappa shape index (κ1) is 32.3. The van der Waals surface area contributed by atoms with Crippen LogP contribution in [0.1, 0.15) is 62.5 Å². The monoisotopic (exact) mass is 638 g/mol. The van der Waals surface area contributed by atoms with Gasteiger partial charge in [0.25, 0.3) is 5.91 Å². The number of hydrogen-bond donors (Lipinski definition) is 3. The highest BCUT2D eigenvalue weighted by Gasteiger charge is 2.45. The van der Waals surface area contributed by atoms with Crippen LogP contribution in [0.25, 0.3) is 0 Å². The Morgan fingerprint density at radius 2 is 1.78 bits per heavy atom. The molecule has 1 heterocycles. The predicted molar refractivity (Wildman–Crippen MR) is 151 cm³/mol. The molecule has 4 N–H and O–H groups in total. The first-order valence-electron chi connectivity index (χ1n) is 14.7. The van der Waals surface area contributed by atoms with Crippen LogP contribution in [0.15, 0.2) is 47.5 Å². The van der Waals surface area contributed by atoms with Gasteiger partial charge >= 0.3 is 6.18 Å². The molecule has 0 bridgehead atoms. The maximum atomic E-state index is 14.3. The van der Waals surface area contributed by atoms with Gasteiger partial charge in [-0.25, -0.2) is 18.2 Å². The number of halogens is 6. The van der Waals surface area contributed by atoms with Gasteiger partial charge in [0.05, 0.1) is 29.3 Å². The Balaban J connectivity index is 1.50. The number of nitrogens with zero attached hydrogens (tertiary/aromatic N) is 1. The van der Waals surface area contributed by atoms with Gasteiger partial charge in [-0.3, -0.25) is 14.4 Å². The number of benzodiazepines with no additional fused rings is 1. The number of fused-ring (bicyclic) bond motifs is 1. The van der Waals surface area contributed by atoms with E-state index in [-0.39, 0.29) is 35.9 Å². The highest BCUT2D eigenvalue weighted by molar-refractivity contribution is 6.20. The fourth-order valence-electron chi connectivity index (χ4n) is 5.95. The molecule has 8 nitrogen and oxygen atoms in total. The summed E-state index contributed by atoms with van der Waals surface area (Å²) < 4.78 is 88.0. The number of benzene rings is 2. The maximum absolute atomic E-state index is 14.3. The Labute approximate surface area is 254 Å². The van der Waals surface area contributed by atoms with Crippen molar-refractivity contribution in [1.29, 1.82) is 0 Å². The van der Waals surface area contributed by atoms with E-state index in [1.807, 2.05) is 0 Å². The lowest BCUT2D eigenvalue weighted by molar-refractivity contribution is -0.149. The molecular formula is C31H32F6N4O4. The van der Waals surface area contributed by atoms with Crippen LogP contribution in [0.3, 0.4) is 0 Å². The number of carbonyl (C=O) groups is 3. The maximum Gasteiger partial charge on any atom is 0.389 e. The number of primary amides is 1. The van der Waals surface area contributed by atoms with Crippen molar-refractivity contribution in [2.75, 3.05) is 5.32 Å². The highest BCUT2D eigenvalue weighted by Crippen LogP contribution is 2.43. The zero-order chi connectivity index (χ0) is 32.5. The topological polar surface area (TPSA) is 123 Å². The third kappa shape index (κ3) is 7.95. The number of nitrogens with one attached hydrogen (secondary N) is 2. The third-order valence-corrected chi connectivity index (χ3v) is 8.34. The minimum atomic E-state index is -4.71. The number of alkyl halides is 5. The van der Waals surface area contributed by atoms with Crippen molar-refractivity contribution in [3.63, 3.8) is 0 Å². The molecular weight excluding hydrogens is 606 g/mol. The number of ether oxygens (including phenoxy) is 1. The third-order valence-electron chi connectivity index (χ3n) is 8.34. The van der Waals surface area contributed by atoms with Gasteiger partial charge in [-0.05, 0) is 56.2 Å². The van der Waals surface area contributed by atoms with Crippen molar-refractivity contribution in [2.24, 2.45) is 28.5 Å². The molecule has 1 aliphatic heterocycles. The SMILES string of the molecule is NC(=O)C(C1CCC(F)(F)CC1)C(CCC(F)(F)F)C(=O)NC1N=C(c2cccc(F)c2)c2cccc(OC3CC3)c2NC1=O. The van der Waals surface area contributed by atoms with Crippen LogP contribution in [0.4, 0.5) is 32.0 Å². The Kier molecular flexibility index (Phi) is 9.13. The van der Waals surface area contributed by atoms with Crippen LogP contribution >= 0.6 is 0 Å². The van der Waals surface area contributed by atoms with Gasteiger partial charge in [0.2, 0.25) is 23.9 Å². The second kappa shape index (κ2) is 12.7. The van der Waals surface area contributed by atoms with Crippen LogP contribution in [0, 0.1) is 23.6 Å². The van der Waals surface area contributed by atoms with Gasteiger partial charge in [0.15, 0.2) is 0 Å². The summed E-state index contributed by atoms with van der Waals surface area (Å²) in [5.74, 6) is -10.5. The highest BCUT2D eigenvalue weighted by atomic mass is 19.4. The Hall–Kier alpha value is -4.10. The molecule has 2 aromatic rings. The number of para-hydroxylation sites is 1. The molecule has 0 aromatic heterocycles. The van der Waals surface area contributed by atoms with Gasteiger partial charge < -0.3 is 21.1 Å². The normalized spacial score (nSPS) is 21.4. The number of aliphatic imine (C=N–C) groups is 1. The van der Waals surface area contributed by atoms with E-state index in [9.17, 15) is 40.7 Å². The van der Waals surface area contributed by atoms with Crippen LogP contribution in [0.2, 0.25) is 0 Å². The van der Waals surface area contributed by atoms with E-state index in [0.717, 1.165) is 12.8 Å². The van der Waals surface area contributed by atoms with Crippen LogP contribution < -0.4 is 21.1 Å². The summed E-state index contributed by atoms with van der Waals surface area (Å²) in [5.41, 5.74) is 6.46. The molecule has 2 fully saturated rings. The second-order valence-corrected chi connectivity index (χ2v) is 11.8. The van der Waals surface area contributed by atoms with Gasteiger partial charge in [0, 0.05) is 30.4 Å². The lowest BCUT2D eigenvalue weighted by Crippen LogP contribution is -2.50. The van der Waals surface area contributed by atoms with Gasteiger partial charge in [0.1, 0.15) is 11.6 Å². The number of hydrogen-bond acceptors (Lipinski definition) is 5. The van der Waals surface area contributed by atoms with Crippen LogP contribution in [-0.2, 0) is 14.4 Å². The fraction of sp³-hybridized carbons (Fsp3) is 0.484. The van der Waals surface area contributed by atoms with E-state index < -0.39 is 85.2 Å². The van der Waals surface area contributed by atoms with E-state index in [4.69, 9.17) is 10.5 Å². The van der Waals surface area contributed by atoms with Crippen molar-refractivity contribution in [3.05, 3.63) is 59.4 Å². The summed E-state index contributed by atoms with van der Waals surface area (Å²) in [6.07, 6.45) is -8.87. The molecule has 0 saturated heterocycles. The number of carbonyl (C=O) groups excluding carboxylic acids is 3. The Morgan fingerprint density at radius 1 is 1.09 bits per heavy atom. The van der Waals surface area contributed by atoms with Crippen molar-refractivity contribution < 1.29 is 45.5 Å². The summed E-state index contributed by atoms with van der Waals surface area (Å²) in [4.78, 5) is 44.3. The minimum absolute atomic E-state index is 0.0680. The second-order valence-electron chi connectivity index (χ2n) is 11.8. The molecule has 0 spiro atoms. The Bertz CT molecular complexity index is 1480. The first-order chi connectivity index (χ1) is 21.2. The molecule has 2 aliphatic carbocycles. The lowest BCUT2D eigenvalue weighted by Gasteiger charge is -2.36. The molecule has 3 amide bonds. The summed E-state index contributed by atoms with van der Waals surface area (Å²) in [6, 6.07) is 10.2. The summed E-state index contributed by atoms with van der Waals surface area (Å²) in [5, 5.41) is 5.03. The molecule has 5 rings (SSSR count). The van der Waals surface area contributed by atoms with E-state index in [2.05, 4.69) is 15.6 Å². The molecule has 45 heavy (non-hydrogen) atoms. The van der Waals surface area contributed by atoms with Crippen molar-refractivity contribution in [3.8, 4) is 5.75 Å². The molecule has 2 saturated carbocycles. The van der Waals surface area contributed by atoms with Crippen molar-refractivity contribution >= 4 is 29.1 Å². The average molecular weight is 639 g/mol. The number of anilines is 1. The van der Waals surface area contributed by atoms with E-state index in [1.165, 1.54) is 24.3 Å². The van der Waals surface area contributed by atoms with Gasteiger partial charge in [-0.15, -0.1) is 0 Å². The molecule has 242 valence electrons. The smallest absolute Gasteiger partial charge is 0.389 e. The standard InChI is InChI=1S/C31H32F6N4O4/c32-18-4-1-3-17(15-18)24-21-5-2-6-22(45-19-7-8-19)25(21)40-29(44)27(39-24)41-28(43)20(11-14-31(35,36)37)23(26(38)42)16-9-12-30(33,34)13-10-16/h1-6,15-16,19-20,23,27H,7-14H2,(H2,38,42)(H,40,44)(H,41,43). The molecule has 14 heteroatoms. The molecule has 3 aliphatic rings. The summed E-state index contributed by atoms with van der Waals surface area (Å²) in [7, 11) is 0. The van der Waals surface area contributed by atoms with Crippen molar-refractivity contribution in [1.82, 2.24) is 5.32 Å². The number of nitrogens with two attached hydrogens (primary N) is 1. The predicted octanol–water partition coefficient (Wildman–Crippen LogP) is 5.48. The zero-order valence-corrected chi connectivity index (χ0v) is 24.0. The van der Waals surface area contributed by atoms with Gasteiger partial charge in [-0.2, -0.15) is 13.2 Å². The molecule has 2 aromatic carbocycles. The lowest BCUT2D eigenvalue weighted by atomic mass is 9.71. The van der Waals surface area contributed by atoms with E-state index >= 15 is 0 Å². The number of amides is 3. The first-order valence-corrected chi connectivity index (χ1v) is 14.7. The summed E-state index contributed by atoms with van der Waals surface area (Å²) >= 11 is 0. The zero-order valence-electron chi connectivity index (χ0n) is 24.0. The van der Waals surface area contributed by atoms with Crippen LogP contribution in [0.5, 0.6) is 5.75 Å². The van der Waals surface area contributed by atoms with Crippen LogP contribution in [-0.4, -0.2) is 47.8 Å². The fourth-order valence-corrected chi connectivity index (χ4v) is 5.95. The largest absolute Gasteiger partial charge is 0.488 e. The average Bonchev–Trinajstić information content (AvgIpc) is 3.79. The summed E-state index contributed by atoms with van der Waals surface area (Å²) in [6.45, 7) is 0. The number of rotatable bonds is 10. The molecule has 3 unspecified atom stereocenters. The Morgan fingerprint density at radius 3 is 2.40 bits per heavy atom. The quantitative estimate of drug-likeness (QED) is 0.298. The van der Waals surface area contributed by atoms with E-state index in [1.54, 1.807) is 18.2 Å². The van der Waals surface area contributed by atoms with Gasteiger partial charge in [-0.1, -0.05) is 24.3 Å². The molecule has 3 atom stereocenters. The molecule has 0 radical (unpaired) electrons.